The Kier molecular flexibility index (Phi) is 5.33. The molecule has 0 aliphatic rings. The van der Waals surface area contributed by atoms with Crippen LogP contribution in [0.3, 0.4) is 0 Å². The van der Waals surface area contributed by atoms with Crippen LogP contribution < -0.4 is 5.32 Å². The van der Waals surface area contributed by atoms with Crippen LogP contribution in [0.4, 0.5) is 4.79 Å². The van der Waals surface area contributed by atoms with Gasteiger partial charge in [0, 0.05) is 25.4 Å². The molecule has 0 atom stereocenters. The van der Waals surface area contributed by atoms with Crippen LogP contribution in [0, 0.1) is 0 Å². The molecule has 104 valence electrons. The second-order valence-electron chi connectivity index (χ2n) is 3.66. The molecular weight excluding hydrogens is 256 g/mol. The molecular formula is C10H14N4O5. The van der Waals surface area contributed by atoms with E-state index >= 15 is 0 Å². The van der Waals surface area contributed by atoms with Gasteiger partial charge in [0.05, 0.1) is 0 Å². The highest BCUT2D eigenvalue weighted by Gasteiger charge is 2.19. The molecule has 0 aromatic carbocycles. The predicted octanol–water partition coefficient (Wildman–Crippen LogP) is -0.867. The molecule has 19 heavy (non-hydrogen) atoms. The molecule has 0 aliphatic heterocycles. The Morgan fingerprint density at radius 3 is 2.37 bits per heavy atom. The van der Waals surface area contributed by atoms with Crippen molar-refractivity contribution in [3.05, 3.63) is 18.2 Å². The number of carbonyl (C=O) groups is 3. The van der Waals surface area contributed by atoms with Crippen molar-refractivity contribution < 1.29 is 24.6 Å². The first-order valence-corrected chi connectivity index (χ1v) is 5.43. The maximum Gasteiger partial charge on any atom is 0.323 e. The maximum absolute atomic E-state index is 11.6. The molecule has 1 aromatic heterocycles. The molecule has 1 heterocycles. The predicted molar refractivity (Wildman–Crippen MR) is 62.5 cm³/mol. The SMILES string of the molecule is O=C(O)CN(CC(=O)O)C(=O)NCCc1ncc[nH]1. The van der Waals surface area contributed by atoms with E-state index in [0.29, 0.717) is 17.1 Å². The molecule has 0 radical (unpaired) electrons. The van der Waals surface area contributed by atoms with Gasteiger partial charge in [0.1, 0.15) is 18.9 Å². The van der Waals surface area contributed by atoms with Crippen LogP contribution in [0.5, 0.6) is 0 Å². The zero-order chi connectivity index (χ0) is 14.3. The van der Waals surface area contributed by atoms with Crippen LogP contribution >= 0.6 is 0 Å². The number of hydrogen-bond acceptors (Lipinski definition) is 4. The van der Waals surface area contributed by atoms with Gasteiger partial charge >= 0.3 is 18.0 Å². The first-order chi connectivity index (χ1) is 8.99. The Hall–Kier alpha value is -2.58. The van der Waals surface area contributed by atoms with Gasteiger partial charge in [-0.3, -0.25) is 9.59 Å². The molecule has 0 bridgehead atoms. The van der Waals surface area contributed by atoms with Crippen molar-refractivity contribution in [1.29, 1.82) is 0 Å². The van der Waals surface area contributed by atoms with E-state index in [9.17, 15) is 14.4 Å². The summed E-state index contributed by atoms with van der Waals surface area (Å²) >= 11 is 0. The van der Waals surface area contributed by atoms with Gasteiger partial charge in [-0.05, 0) is 0 Å². The molecule has 0 saturated heterocycles. The zero-order valence-electron chi connectivity index (χ0n) is 10.00. The van der Waals surface area contributed by atoms with Crippen molar-refractivity contribution in [2.24, 2.45) is 0 Å². The Labute approximate surface area is 108 Å². The van der Waals surface area contributed by atoms with E-state index in [1.165, 1.54) is 0 Å². The van der Waals surface area contributed by atoms with Crippen molar-refractivity contribution >= 4 is 18.0 Å². The number of carboxylic acid groups (broad SMARTS) is 2. The third-order valence-corrected chi connectivity index (χ3v) is 2.13. The van der Waals surface area contributed by atoms with E-state index in [1.54, 1.807) is 12.4 Å². The maximum atomic E-state index is 11.6. The second-order valence-corrected chi connectivity index (χ2v) is 3.66. The quantitative estimate of drug-likeness (QED) is 0.508. The average Bonchev–Trinajstić information content (AvgIpc) is 2.79. The molecule has 2 amide bonds. The minimum atomic E-state index is -1.28. The van der Waals surface area contributed by atoms with Crippen molar-refractivity contribution in [3.63, 3.8) is 0 Å². The largest absolute Gasteiger partial charge is 0.480 e. The average molecular weight is 270 g/mol. The Balaban J connectivity index is 2.42. The Morgan fingerprint density at radius 2 is 1.89 bits per heavy atom. The molecule has 4 N–H and O–H groups in total. The molecule has 1 rings (SSSR count). The number of aliphatic carboxylic acids is 2. The van der Waals surface area contributed by atoms with Crippen molar-refractivity contribution in [2.45, 2.75) is 6.42 Å². The third-order valence-electron chi connectivity index (χ3n) is 2.13. The number of H-pyrrole nitrogens is 1. The topological polar surface area (TPSA) is 136 Å². The zero-order valence-corrected chi connectivity index (χ0v) is 10.00. The third kappa shape index (κ3) is 5.52. The van der Waals surface area contributed by atoms with Crippen LogP contribution in [0.25, 0.3) is 0 Å². The van der Waals surface area contributed by atoms with Crippen LogP contribution in [-0.4, -0.2) is 62.7 Å². The number of amides is 2. The highest BCUT2D eigenvalue weighted by Crippen LogP contribution is 1.92. The molecule has 9 heteroatoms. The van der Waals surface area contributed by atoms with Gasteiger partial charge in [-0.1, -0.05) is 0 Å². The van der Waals surface area contributed by atoms with Crippen LogP contribution in [0.2, 0.25) is 0 Å². The normalized spacial score (nSPS) is 9.89. The highest BCUT2D eigenvalue weighted by atomic mass is 16.4. The fourth-order valence-corrected chi connectivity index (χ4v) is 1.36. The monoisotopic (exact) mass is 270 g/mol. The summed E-state index contributed by atoms with van der Waals surface area (Å²) in [4.78, 5) is 40.1. The smallest absolute Gasteiger partial charge is 0.323 e. The van der Waals surface area contributed by atoms with E-state index in [-0.39, 0.29) is 6.54 Å². The second kappa shape index (κ2) is 6.99. The summed E-state index contributed by atoms with van der Waals surface area (Å²) in [5.41, 5.74) is 0. The summed E-state index contributed by atoms with van der Waals surface area (Å²) in [7, 11) is 0. The summed E-state index contributed by atoms with van der Waals surface area (Å²) in [5.74, 6) is -1.88. The van der Waals surface area contributed by atoms with E-state index in [4.69, 9.17) is 10.2 Å². The van der Waals surface area contributed by atoms with Gasteiger partial charge in [-0.2, -0.15) is 0 Å². The lowest BCUT2D eigenvalue weighted by Crippen LogP contribution is -2.45. The number of imidazole rings is 1. The summed E-state index contributed by atoms with van der Waals surface area (Å²) < 4.78 is 0. The van der Waals surface area contributed by atoms with Gasteiger partial charge in [-0.25, -0.2) is 9.78 Å². The molecule has 0 spiro atoms. The number of nitrogens with one attached hydrogen (secondary N) is 2. The number of rotatable bonds is 7. The van der Waals surface area contributed by atoms with Crippen LogP contribution in [-0.2, 0) is 16.0 Å². The number of carboxylic acids is 2. The molecule has 0 saturated carbocycles. The van der Waals surface area contributed by atoms with Crippen LogP contribution in [0.15, 0.2) is 12.4 Å². The standard InChI is InChI=1S/C10H14N4O5/c15-8(16)5-14(6-9(17)18)10(19)13-2-1-7-11-3-4-12-7/h3-4H,1-2,5-6H2,(H,11,12)(H,13,19)(H,15,16)(H,17,18). The van der Waals surface area contributed by atoms with Gasteiger partial charge < -0.3 is 25.4 Å². The van der Waals surface area contributed by atoms with E-state index < -0.39 is 31.1 Å². The number of hydrogen-bond donors (Lipinski definition) is 4. The van der Waals surface area contributed by atoms with Crippen molar-refractivity contribution in [1.82, 2.24) is 20.2 Å². The first-order valence-electron chi connectivity index (χ1n) is 5.43. The molecule has 0 aliphatic carbocycles. The molecule has 0 fully saturated rings. The Morgan fingerprint density at radius 1 is 1.26 bits per heavy atom. The van der Waals surface area contributed by atoms with Gasteiger partial charge in [-0.15, -0.1) is 0 Å². The fourth-order valence-electron chi connectivity index (χ4n) is 1.36. The minimum absolute atomic E-state index is 0.224. The van der Waals surface area contributed by atoms with E-state index in [2.05, 4.69) is 15.3 Å². The minimum Gasteiger partial charge on any atom is -0.480 e. The lowest BCUT2D eigenvalue weighted by Gasteiger charge is -2.18. The lowest BCUT2D eigenvalue weighted by atomic mass is 10.4. The summed E-state index contributed by atoms with van der Waals surface area (Å²) in [6, 6.07) is -0.739. The number of aromatic nitrogens is 2. The highest BCUT2D eigenvalue weighted by molar-refractivity contribution is 5.84. The summed E-state index contributed by atoms with van der Waals surface area (Å²) in [5, 5.41) is 19.6. The number of carbonyl (C=O) groups excluding carboxylic acids is 1. The molecule has 9 nitrogen and oxygen atoms in total. The number of urea groups is 1. The van der Waals surface area contributed by atoms with E-state index in [1.807, 2.05) is 0 Å². The number of nitrogens with zero attached hydrogens (tertiary/aromatic N) is 2. The summed E-state index contributed by atoms with van der Waals surface area (Å²) in [6.07, 6.45) is 3.64. The van der Waals surface area contributed by atoms with Crippen molar-refractivity contribution in [3.8, 4) is 0 Å². The fraction of sp³-hybridized carbons (Fsp3) is 0.400. The number of aromatic amines is 1. The lowest BCUT2D eigenvalue weighted by molar-refractivity contribution is -0.140. The van der Waals surface area contributed by atoms with Crippen molar-refractivity contribution in [2.75, 3.05) is 19.6 Å². The van der Waals surface area contributed by atoms with Gasteiger partial charge in [0.25, 0.3) is 0 Å². The van der Waals surface area contributed by atoms with Crippen LogP contribution in [0.1, 0.15) is 5.82 Å². The first kappa shape index (κ1) is 14.5. The summed E-state index contributed by atoms with van der Waals surface area (Å²) in [6.45, 7) is -1.11. The Bertz CT molecular complexity index is 429. The van der Waals surface area contributed by atoms with E-state index in [0.717, 1.165) is 0 Å². The molecule has 1 aromatic rings. The van der Waals surface area contributed by atoms with Gasteiger partial charge in [0.15, 0.2) is 0 Å². The van der Waals surface area contributed by atoms with Gasteiger partial charge in [0.2, 0.25) is 0 Å². The molecule has 0 unspecified atom stereocenters.